The van der Waals surface area contributed by atoms with Crippen LogP contribution in [0.3, 0.4) is 0 Å². The summed E-state index contributed by atoms with van der Waals surface area (Å²) in [6, 6.07) is 0.417. The number of hydrogen-bond donors (Lipinski definition) is 0. The third-order valence-electron chi connectivity index (χ3n) is 3.07. The third-order valence-corrected chi connectivity index (χ3v) is 3.30. The molecule has 1 fully saturated rings. The van der Waals surface area contributed by atoms with Gasteiger partial charge in [0, 0.05) is 13.1 Å². The number of nitrogens with zero attached hydrogens (tertiary/aromatic N) is 1. The average molecular weight is 204 g/mol. The minimum atomic E-state index is 0.0559. The molecule has 0 aliphatic heterocycles. The molecule has 0 saturated heterocycles. The Morgan fingerprint density at radius 2 is 2.08 bits per heavy atom. The number of halogens is 1. The lowest BCUT2D eigenvalue weighted by molar-refractivity contribution is -0.130. The van der Waals surface area contributed by atoms with Crippen molar-refractivity contribution in [3.8, 4) is 0 Å². The van der Waals surface area contributed by atoms with E-state index in [4.69, 9.17) is 11.6 Å². The van der Waals surface area contributed by atoms with Gasteiger partial charge in [-0.15, -0.1) is 11.6 Å². The highest BCUT2D eigenvalue weighted by molar-refractivity contribution is 6.27. The lowest BCUT2D eigenvalue weighted by Gasteiger charge is -2.36. The molecule has 76 valence electrons. The lowest BCUT2D eigenvalue weighted by atomic mass is 9.85. The molecule has 0 unspecified atom stereocenters. The van der Waals surface area contributed by atoms with Crippen molar-refractivity contribution in [1.82, 2.24) is 4.90 Å². The van der Waals surface area contributed by atoms with Crippen molar-refractivity contribution in [2.45, 2.75) is 38.6 Å². The van der Waals surface area contributed by atoms with Gasteiger partial charge in [0.1, 0.15) is 5.88 Å². The SMILES string of the molecule is C[C@H]1CCCC[C@H]1N(C)C(=O)CCl. The van der Waals surface area contributed by atoms with Crippen LogP contribution in [0.4, 0.5) is 0 Å². The summed E-state index contributed by atoms with van der Waals surface area (Å²) in [7, 11) is 1.87. The van der Waals surface area contributed by atoms with Gasteiger partial charge in [0.15, 0.2) is 0 Å². The number of amides is 1. The number of alkyl halides is 1. The van der Waals surface area contributed by atoms with Gasteiger partial charge in [-0.2, -0.15) is 0 Å². The van der Waals surface area contributed by atoms with E-state index in [0.29, 0.717) is 12.0 Å². The van der Waals surface area contributed by atoms with Crippen molar-refractivity contribution in [2.75, 3.05) is 12.9 Å². The predicted octanol–water partition coefficient (Wildman–Crippen LogP) is 2.26. The first-order valence-electron chi connectivity index (χ1n) is 4.98. The Balaban J connectivity index is 2.53. The first kappa shape index (κ1) is 10.8. The van der Waals surface area contributed by atoms with Crippen LogP contribution in [0.1, 0.15) is 32.6 Å². The molecule has 13 heavy (non-hydrogen) atoms. The van der Waals surface area contributed by atoms with Gasteiger partial charge in [-0.25, -0.2) is 0 Å². The first-order valence-corrected chi connectivity index (χ1v) is 5.52. The van der Waals surface area contributed by atoms with Crippen LogP contribution in [0.5, 0.6) is 0 Å². The highest BCUT2D eigenvalue weighted by atomic mass is 35.5. The summed E-state index contributed by atoms with van der Waals surface area (Å²) in [5.74, 6) is 0.797. The van der Waals surface area contributed by atoms with Crippen LogP contribution in [-0.2, 0) is 4.79 Å². The highest BCUT2D eigenvalue weighted by Crippen LogP contribution is 2.27. The number of carbonyl (C=O) groups is 1. The molecule has 0 bridgehead atoms. The maximum atomic E-state index is 11.4. The third kappa shape index (κ3) is 2.60. The van der Waals surface area contributed by atoms with Gasteiger partial charge in [0.25, 0.3) is 0 Å². The first-order chi connectivity index (χ1) is 6.16. The van der Waals surface area contributed by atoms with Crippen LogP contribution in [0.15, 0.2) is 0 Å². The van der Waals surface area contributed by atoms with Crippen molar-refractivity contribution in [3.05, 3.63) is 0 Å². The minimum absolute atomic E-state index is 0.0559. The maximum Gasteiger partial charge on any atom is 0.237 e. The molecule has 0 aromatic rings. The summed E-state index contributed by atoms with van der Waals surface area (Å²) >= 11 is 5.52. The number of rotatable bonds is 2. The fourth-order valence-electron chi connectivity index (χ4n) is 2.15. The molecule has 1 saturated carbocycles. The quantitative estimate of drug-likeness (QED) is 0.631. The second kappa shape index (κ2) is 4.85. The van der Waals surface area contributed by atoms with Gasteiger partial charge >= 0.3 is 0 Å². The monoisotopic (exact) mass is 203 g/mol. The second-order valence-electron chi connectivity index (χ2n) is 3.97. The van der Waals surface area contributed by atoms with Crippen LogP contribution in [0, 0.1) is 5.92 Å². The normalized spacial score (nSPS) is 28.5. The average Bonchev–Trinajstić information content (AvgIpc) is 2.16. The summed E-state index contributed by atoms with van der Waals surface area (Å²) in [4.78, 5) is 13.2. The fourth-order valence-corrected chi connectivity index (χ4v) is 2.34. The standard InChI is InChI=1S/C10H18ClNO/c1-8-5-3-4-6-9(8)12(2)10(13)7-11/h8-9H,3-7H2,1-2H3/t8-,9+/m0/s1. The summed E-state index contributed by atoms with van der Waals surface area (Å²) in [6.45, 7) is 2.22. The van der Waals surface area contributed by atoms with Crippen LogP contribution >= 0.6 is 11.6 Å². The smallest absolute Gasteiger partial charge is 0.237 e. The second-order valence-corrected chi connectivity index (χ2v) is 4.23. The Hall–Kier alpha value is -0.240. The summed E-state index contributed by atoms with van der Waals surface area (Å²) < 4.78 is 0. The van der Waals surface area contributed by atoms with Crippen molar-refractivity contribution in [1.29, 1.82) is 0 Å². The Bertz CT molecular complexity index is 184. The van der Waals surface area contributed by atoms with E-state index in [-0.39, 0.29) is 11.8 Å². The summed E-state index contributed by atoms with van der Waals surface area (Å²) in [6.07, 6.45) is 4.93. The summed E-state index contributed by atoms with van der Waals surface area (Å²) in [5.41, 5.74) is 0. The molecular weight excluding hydrogens is 186 g/mol. The van der Waals surface area contributed by atoms with Crippen LogP contribution in [0.2, 0.25) is 0 Å². The van der Waals surface area contributed by atoms with E-state index in [9.17, 15) is 4.79 Å². The Kier molecular flexibility index (Phi) is 4.04. The zero-order chi connectivity index (χ0) is 9.84. The Morgan fingerprint density at radius 3 is 2.62 bits per heavy atom. The highest BCUT2D eigenvalue weighted by Gasteiger charge is 2.27. The summed E-state index contributed by atoms with van der Waals surface area (Å²) in [5, 5.41) is 0. The predicted molar refractivity (Wildman–Crippen MR) is 54.9 cm³/mol. The number of hydrogen-bond acceptors (Lipinski definition) is 1. The molecule has 1 amide bonds. The molecular formula is C10H18ClNO. The van der Waals surface area contributed by atoms with Gasteiger partial charge in [-0.1, -0.05) is 19.8 Å². The topological polar surface area (TPSA) is 20.3 Å². The van der Waals surface area contributed by atoms with Crippen molar-refractivity contribution >= 4 is 17.5 Å². The maximum absolute atomic E-state index is 11.4. The molecule has 1 aliphatic rings. The molecule has 0 aromatic carbocycles. The molecule has 1 aliphatic carbocycles. The fraction of sp³-hybridized carbons (Fsp3) is 0.900. The van der Waals surface area contributed by atoms with E-state index in [1.807, 2.05) is 11.9 Å². The lowest BCUT2D eigenvalue weighted by Crippen LogP contribution is -2.43. The van der Waals surface area contributed by atoms with E-state index in [1.165, 1.54) is 19.3 Å². The van der Waals surface area contributed by atoms with E-state index in [2.05, 4.69) is 6.92 Å². The molecule has 0 radical (unpaired) electrons. The van der Waals surface area contributed by atoms with Crippen LogP contribution in [0.25, 0.3) is 0 Å². The molecule has 0 N–H and O–H groups in total. The van der Waals surface area contributed by atoms with Crippen molar-refractivity contribution in [2.24, 2.45) is 5.92 Å². The van der Waals surface area contributed by atoms with Gasteiger partial charge in [-0.05, 0) is 18.8 Å². The molecule has 0 aromatic heterocycles. The molecule has 2 nitrogen and oxygen atoms in total. The molecule has 0 spiro atoms. The van der Waals surface area contributed by atoms with Gasteiger partial charge < -0.3 is 4.90 Å². The molecule has 0 heterocycles. The molecule has 2 atom stereocenters. The van der Waals surface area contributed by atoms with E-state index in [1.54, 1.807) is 0 Å². The van der Waals surface area contributed by atoms with Gasteiger partial charge in [0.2, 0.25) is 5.91 Å². The van der Waals surface area contributed by atoms with E-state index >= 15 is 0 Å². The van der Waals surface area contributed by atoms with Crippen molar-refractivity contribution in [3.63, 3.8) is 0 Å². The van der Waals surface area contributed by atoms with Gasteiger partial charge in [-0.3, -0.25) is 4.79 Å². The van der Waals surface area contributed by atoms with Crippen LogP contribution in [-0.4, -0.2) is 29.8 Å². The Morgan fingerprint density at radius 1 is 1.46 bits per heavy atom. The zero-order valence-corrected chi connectivity index (χ0v) is 9.18. The van der Waals surface area contributed by atoms with Crippen LogP contribution < -0.4 is 0 Å². The van der Waals surface area contributed by atoms with E-state index < -0.39 is 0 Å². The van der Waals surface area contributed by atoms with Crippen molar-refractivity contribution < 1.29 is 4.79 Å². The zero-order valence-electron chi connectivity index (χ0n) is 8.42. The van der Waals surface area contributed by atoms with Gasteiger partial charge in [0.05, 0.1) is 0 Å². The number of carbonyl (C=O) groups excluding carboxylic acids is 1. The molecule has 1 rings (SSSR count). The largest absolute Gasteiger partial charge is 0.341 e. The minimum Gasteiger partial charge on any atom is -0.341 e. The van der Waals surface area contributed by atoms with E-state index in [0.717, 1.165) is 6.42 Å². The molecule has 3 heteroatoms. The Labute approximate surface area is 85.2 Å².